The van der Waals surface area contributed by atoms with E-state index in [-0.39, 0.29) is 5.91 Å². The van der Waals surface area contributed by atoms with Gasteiger partial charge in [0, 0.05) is 23.1 Å². The number of carbonyl (C=O) groups is 1. The lowest BCUT2D eigenvalue weighted by Crippen LogP contribution is -2.25. The van der Waals surface area contributed by atoms with Crippen molar-refractivity contribution in [3.63, 3.8) is 0 Å². The van der Waals surface area contributed by atoms with E-state index >= 15 is 0 Å². The number of hydrogen-bond acceptors (Lipinski definition) is 3. The normalized spacial score (nSPS) is 14.0. The summed E-state index contributed by atoms with van der Waals surface area (Å²) < 4.78 is 5.14. The maximum Gasteiger partial charge on any atom is 0.253 e. The first-order chi connectivity index (χ1) is 10.7. The Morgan fingerprint density at radius 3 is 2.59 bits per heavy atom. The number of nitrogens with zero attached hydrogens (tertiary/aromatic N) is 1. The molecule has 4 nitrogen and oxygen atoms in total. The number of amides is 1. The van der Waals surface area contributed by atoms with Gasteiger partial charge in [-0.05, 0) is 48.9 Å². The minimum absolute atomic E-state index is 0.0136. The van der Waals surface area contributed by atoms with Crippen LogP contribution in [0.3, 0.4) is 0 Å². The Hall–Kier alpha value is -2.75. The summed E-state index contributed by atoms with van der Waals surface area (Å²) in [7, 11) is 1.63. The van der Waals surface area contributed by atoms with Crippen LogP contribution in [0.15, 0.2) is 60.3 Å². The molecule has 0 fully saturated rings. The van der Waals surface area contributed by atoms with E-state index < -0.39 is 0 Å². The molecule has 0 radical (unpaired) electrons. The molecule has 1 N–H and O–H groups in total. The van der Waals surface area contributed by atoms with Gasteiger partial charge in [0.25, 0.3) is 5.91 Å². The van der Waals surface area contributed by atoms with Crippen molar-refractivity contribution in [3.8, 4) is 5.75 Å². The molecule has 3 rings (SSSR count). The van der Waals surface area contributed by atoms with Crippen molar-refractivity contribution in [1.29, 1.82) is 0 Å². The fraction of sp³-hybridized carbons (Fsp3) is 0.167. The molecular weight excluding hydrogens is 276 g/mol. The molecule has 4 heteroatoms. The SMILES string of the molecule is COc1ccc(N2CC(Nc3cccc(C)c3)=CC2=O)cc1. The molecular formula is C18H18N2O2. The summed E-state index contributed by atoms with van der Waals surface area (Å²) in [6, 6.07) is 15.6. The minimum Gasteiger partial charge on any atom is -0.497 e. The molecule has 22 heavy (non-hydrogen) atoms. The molecule has 0 spiro atoms. The highest BCUT2D eigenvalue weighted by atomic mass is 16.5. The van der Waals surface area contributed by atoms with Crippen LogP contribution in [0.1, 0.15) is 5.56 Å². The Labute approximate surface area is 130 Å². The van der Waals surface area contributed by atoms with E-state index in [1.807, 2.05) is 49.4 Å². The smallest absolute Gasteiger partial charge is 0.253 e. The number of nitrogens with one attached hydrogen (secondary N) is 1. The Morgan fingerprint density at radius 1 is 1.14 bits per heavy atom. The Balaban J connectivity index is 1.72. The van der Waals surface area contributed by atoms with Gasteiger partial charge in [-0.15, -0.1) is 0 Å². The Bertz CT molecular complexity index is 720. The highest BCUT2D eigenvalue weighted by molar-refractivity contribution is 6.05. The largest absolute Gasteiger partial charge is 0.497 e. The van der Waals surface area contributed by atoms with Crippen molar-refractivity contribution < 1.29 is 9.53 Å². The summed E-state index contributed by atoms with van der Waals surface area (Å²) in [5.41, 5.74) is 3.94. The van der Waals surface area contributed by atoms with Crippen molar-refractivity contribution in [1.82, 2.24) is 0 Å². The highest BCUT2D eigenvalue weighted by Gasteiger charge is 2.22. The summed E-state index contributed by atoms with van der Waals surface area (Å²) in [4.78, 5) is 13.9. The summed E-state index contributed by atoms with van der Waals surface area (Å²) >= 11 is 0. The molecule has 0 saturated carbocycles. The number of carbonyl (C=O) groups excluding carboxylic acids is 1. The molecule has 1 aliphatic rings. The van der Waals surface area contributed by atoms with Crippen molar-refractivity contribution in [2.24, 2.45) is 0 Å². The third-order valence-corrected chi connectivity index (χ3v) is 3.60. The van der Waals surface area contributed by atoms with E-state index in [1.54, 1.807) is 18.1 Å². The fourth-order valence-electron chi connectivity index (χ4n) is 2.49. The molecule has 1 amide bonds. The van der Waals surface area contributed by atoms with Gasteiger partial charge < -0.3 is 15.0 Å². The maximum atomic E-state index is 12.2. The van der Waals surface area contributed by atoms with E-state index in [0.717, 1.165) is 22.8 Å². The van der Waals surface area contributed by atoms with Gasteiger partial charge in [0.05, 0.1) is 13.7 Å². The zero-order valence-electron chi connectivity index (χ0n) is 12.7. The molecule has 2 aromatic carbocycles. The molecule has 0 aromatic heterocycles. The predicted molar refractivity (Wildman–Crippen MR) is 88.2 cm³/mol. The van der Waals surface area contributed by atoms with Gasteiger partial charge in [-0.3, -0.25) is 4.79 Å². The van der Waals surface area contributed by atoms with Crippen molar-refractivity contribution >= 4 is 17.3 Å². The van der Waals surface area contributed by atoms with Crippen molar-refractivity contribution in [3.05, 3.63) is 65.9 Å². The number of methoxy groups -OCH3 is 1. The summed E-state index contributed by atoms with van der Waals surface area (Å²) in [6.07, 6.45) is 1.65. The average molecular weight is 294 g/mol. The Kier molecular flexibility index (Phi) is 3.83. The molecule has 0 unspecified atom stereocenters. The van der Waals surface area contributed by atoms with Gasteiger partial charge in [-0.25, -0.2) is 0 Å². The first-order valence-corrected chi connectivity index (χ1v) is 7.15. The van der Waals surface area contributed by atoms with Gasteiger partial charge in [0.15, 0.2) is 0 Å². The minimum atomic E-state index is -0.0136. The maximum absolute atomic E-state index is 12.2. The number of hydrogen-bond donors (Lipinski definition) is 1. The predicted octanol–water partition coefficient (Wildman–Crippen LogP) is 3.35. The lowest BCUT2D eigenvalue weighted by atomic mass is 10.2. The number of rotatable bonds is 4. The molecule has 1 aliphatic heterocycles. The van der Waals surface area contributed by atoms with E-state index in [2.05, 4.69) is 11.4 Å². The van der Waals surface area contributed by atoms with E-state index in [1.165, 1.54) is 5.56 Å². The topological polar surface area (TPSA) is 41.6 Å². The van der Waals surface area contributed by atoms with E-state index in [9.17, 15) is 4.79 Å². The van der Waals surface area contributed by atoms with Crippen LogP contribution >= 0.6 is 0 Å². The van der Waals surface area contributed by atoms with Crippen LogP contribution in [-0.4, -0.2) is 19.6 Å². The van der Waals surface area contributed by atoms with Crippen LogP contribution in [0.4, 0.5) is 11.4 Å². The summed E-state index contributed by atoms with van der Waals surface area (Å²) in [5.74, 6) is 0.766. The first kappa shape index (κ1) is 14.2. The molecule has 112 valence electrons. The molecule has 1 heterocycles. The number of anilines is 2. The summed E-state index contributed by atoms with van der Waals surface area (Å²) in [6.45, 7) is 2.59. The second kappa shape index (κ2) is 5.93. The van der Waals surface area contributed by atoms with Crippen molar-refractivity contribution in [2.45, 2.75) is 6.92 Å². The van der Waals surface area contributed by atoms with Gasteiger partial charge in [0.1, 0.15) is 5.75 Å². The molecule has 0 saturated heterocycles. The number of ether oxygens (including phenoxy) is 1. The van der Waals surface area contributed by atoms with Gasteiger partial charge in [0.2, 0.25) is 0 Å². The fourth-order valence-corrected chi connectivity index (χ4v) is 2.49. The monoisotopic (exact) mass is 294 g/mol. The Morgan fingerprint density at radius 2 is 1.91 bits per heavy atom. The second-order valence-corrected chi connectivity index (χ2v) is 5.29. The van der Waals surface area contributed by atoms with Gasteiger partial charge in [-0.1, -0.05) is 12.1 Å². The van der Waals surface area contributed by atoms with Crippen molar-refractivity contribution in [2.75, 3.05) is 23.9 Å². The third-order valence-electron chi connectivity index (χ3n) is 3.60. The van der Waals surface area contributed by atoms with E-state index in [0.29, 0.717) is 6.54 Å². The van der Waals surface area contributed by atoms with Crippen LogP contribution in [0.5, 0.6) is 5.75 Å². The second-order valence-electron chi connectivity index (χ2n) is 5.29. The third kappa shape index (κ3) is 2.96. The first-order valence-electron chi connectivity index (χ1n) is 7.15. The van der Waals surface area contributed by atoms with Crippen LogP contribution in [0, 0.1) is 6.92 Å². The number of benzene rings is 2. The number of aryl methyl sites for hydroxylation is 1. The molecule has 0 atom stereocenters. The molecule has 0 aliphatic carbocycles. The zero-order chi connectivity index (χ0) is 15.5. The van der Waals surface area contributed by atoms with Crippen LogP contribution in [-0.2, 0) is 4.79 Å². The molecule has 2 aromatic rings. The highest BCUT2D eigenvalue weighted by Crippen LogP contribution is 2.24. The summed E-state index contributed by atoms with van der Waals surface area (Å²) in [5, 5.41) is 3.31. The van der Waals surface area contributed by atoms with Crippen LogP contribution < -0.4 is 15.0 Å². The zero-order valence-corrected chi connectivity index (χ0v) is 12.7. The lowest BCUT2D eigenvalue weighted by Gasteiger charge is -2.17. The lowest BCUT2D eigenvalue weighted by molar-refractivity contribution is -0.113. The van der Waals surface area contributed by atoms with Gasteiger partial charge >= 0.3 is 0 Å². The van der Waals surface area contributed by atoms with Gasteiger partial charge in [-0.2, -0.15) is 0 Å². The average Bonchev–Trinajstić information content (AvgIpc) is 2.88. The standard InChI is InChI=1S/C18H18N2O2/c1-13-4-3-5-14(10-13)19-15-11-18(21)20(12-15)16-6-8-17(22-2)9-7-16/h3-11,19H,12H2,1-2H3. The quantitative estimate of drug-likeness (QED) is 0.940. The van der Waals surface area contributed by atoms with E-state index in [4.69, 9.17) is 4.74 Å². The molecule has 0 bridgehead atoms. The van der Waals surface area contributed by atoms with Crippen LogP contribution in [0.2, 0.25) is 0 Å². The van der Waals surface area contributed by atoms with Crippen LogP contribution in [0.25, 0.3) is 0 Å².